The predicted octanol–water partition coefficient (Wildman–Crippen LogP) is 3.57. The number of nitrogen functional groups attached to an aromatic ring is 1. The second-order valence-electron chi connectivity index (χ2n) is 6.04. The van der Waals surface area contributed by atoms with Gasteiger partial charge < -0.3 is 10.3 Å². The van der Waals surface area contributed by atoms with Crippen LogP contribution in [0.15, 0.2) is 36.7 Å². The molecule has 0 aliphatic heterocycles. The number of halogens is 1. The molecule has 0 bridgehead atoms. The normalized spacial score (nSPS) is 12.0. The van der Waals surface area contributed by atoms with Crippen LogP contribution in [0.5, 0.6) is 0 Å². The Morgan fingerprint density at radius 1 is 1.19 bits per heavy atom. The van der Waals surface area contributed by atoms with Gasteiger partial charge in [-0.1, -0.05) is 0 Å². The van der Waals surface area contributed by atoms with E-state index in [4.69, 9.17) is 5.73 Å². The third-order valence-electron chi connectivity index (χ3n) is 3.39. The standard InChI is InChI=1S/C16H17FN4/c1-16(2,3)21-14-6-7-19-9-13(14)20-15(21)10-4-5-12(18)11(17)8-10/h4-9H,18H2,1-3H3. The fourth-order valence-electron chi connectivity index (χ4n) is 2.47. The van der Waals surface area contributed by atoms with E-state index in [2.05, 4.69) is 35.3 Å². The Bertz CT molecular complexity index is 815. The molecule has 0 amide bonds. The maximum Gasteiger partial charge on any atom is 0.146 e. The van der Waals surface area contributed by atoms with Crippen molar-refractivity contribution in [2.45, 2.75) is 26.3 Å². The van der Waals surface area contributed by atoms with Crippen molar-refractivity contribution < 1.29 is 4.39 Å². The highest BCUT2D eigenvalue weighted by atomic mass is 19.1. The summed E-state index contributed by atoms with van der Waals surface area (Å²) in [5, 5.41) is 0. The Hall–Kier alpha value is -2.43. The molecule has 4 nitrogen and oxygen atoms in total. The first kappa shape index (κ1) is 13.5. The lowest BCUT2D eigenvalue weighted by atomic mass is 10.1. The van der Waals surface area contributed by atoms with E-state index in [1.54, 1.807) is 24.5 Å². The number of anilines is 1. The molecule has 0 aliphatic rings. The summed E-state index contributed by atoms with van der Waals surface area (Å²) in [6.07, 6.45) is 3.45. The highest BCUT2D eigenvalue weighted by Crippen LogP contribution is 2.31. The number of hydrogen-bond acceptors (Lipinski definition) is 3. The first-order chi connectivity index (χ1) is 9.88. The van der Waals surface area contributed by atoms with Crippen molar-refractivity contribution in [3.8, 4) is 11.4 Å². The van der Waals surface area contributed by atoms with E-state index in [1.807, 2.05) is 6.07 Å². The molecule has 2 heterocycles. The number of nitrogens with zero attached hydrogens (tertiary/aromatic N) is 3. The SMILES string of the molecule is CC(C)(C)n1c(-c2ccc(N)c(F)c2)nc2cnccc21. The van der Waals surface area contributed by atoms with Crippen molar-refractivity contribution in [2.24, 2.45) is 0 Å². The number of pyridine rings is 1. The number of fused-ring (bicyclic) bond motifs is 1. The fourth-order valence-corrected chi connectivity index (χ4v) is 2.47. The first-order valence-corrected chi connectivity index (χ1v) is 6.76. The lowest BCUT2D eigenvalue weighted by molar-refractivity contribution is 0.413. The number of aromatic nitrogens is 3. The third kappa shape index (κ3) is 2.24. The lowest BCUT2D eigenvalue weighted by Gasteiger charge is -2.24. The van der Waals surface area contributed by atoms with Crippen molar-refractivity contribution >= 4 is 16.7 Å². The summed E-state index contributed by atoms with van der Waals surface area (Å²) in [5.74, 6) is 0.280. The number of imidazole rings is 1. The summed E-state index contributed by atoms with van der Waals surface area (Å²) in [5.41, 5.74) is 7.97. The molecule has 0 saturated carbocycles. The second kappa shape index (κ2) is 4.55. The van der Waals surface area contributed by atoms with Gasteiger partial charge in [0.05, 0.1) is 17.4 Å². The summed E-state index contributed by atoms with van der Waals surface area (Å²) in [6.45, 7) is 6.27. The van der Waals surface area contributed by atoms with Crippen LogP contribution in [0.2, 0.25) is 0 Å². The molecule has 0 fully saturated rings. The van der Waals surface area contributed by atoms with Crippen molar-refractivity contribution in [2.75, 3.05) is 5.73 Å². The molecule has 0 unspecified atom stereocenters. The minimum absolute atomic E-state index is 0.138. The minimum atomic E-state index is -0.432. The van der Waals surface area contributed by atoms with Crippen molar-refractivity contribution in [1.82, 2.24) is 14.5 Å². The van der Waals surface area contributed by atoms with Gasteiger partial charge in [0.2, 0.25) is 0 Å². The van der Waals surface area contributed by atoms with Gasteiger partial charge in [0.25, 0.3) is 0 Å². The second-order valence-corrected chi connectivity index (χ2v) is 6.04. The monoisotopic (exact) mass is 284 g/mol. The number of hydrogen-bond donors (Lipinski definition) is 1. The third-order valence-corrected chi connectivity index (χ3v) is 3.39. The van der Waals surface area contributed by atoms with Crippen molar-refractivity contribution in [1.29, 1.82) is 0 Å². The van der Waals surface area contributed by atoms with E-state index >= 15 is 0 Å². The van der Waals surface area contributed by atoms with Crippen LogP contribution in [0.1, 0.15) is 20.8 Å². The van der Waals surface area contributed by atoms with Gasteiger partial charge in [-0.2, -0.15) is 0 Å². The zero-order chi connectivity index (χ0) is 15.2. The van der Waals surface area contributed by atoms with Crippen molar-refractivity contribution in [3.05, 3.63) is 42.5 Å². The Labute approximate surface area is 122 Å². The Morgan fingerprint density at radius 2 is 1.95 bits per heavy atom. The quantitative estimate of drug-likeness (QED) is 0.695. The van der Waals surface area contributed by atoms with Crippen LogP contribution in [0.25, 0.3) is 22.4 Å². The van der Waals surface area contributed by atoms with E-state index in [0.29, 0.717) is 11.4 Å². The maximum absolute atomic E-state index is 13.8. The van der Waals surface area contributed by atoms with Crippen LogP contribution in [-0.2, 0) is 5.54 Å². The summed E-state index contributed by atoms with van der Waals surface area (Å²) in [6, 6.07) is 6.70. The molecule has 0 radical (unpaired) electrons. The highest BCUT2D eigenvalue weighted by Gasteiger charge is 2.22. The van der Waals surface area contributed by atoms with E-state index < -0.39 is 5.82 Å². The summed E-state index contributed by atoms with van der Waals surface area (Å²) >= 11 is 0. The molecule has 21 heavy (non-hydrogen) atoms. The van der Waals surface area contributed by atoms with Gasteiger partial charge >= 0.3 is 0 Å². The molecule has 0 atom stereocenters. The van der Waals surface area contributed by atoms with Gasteiger partial charge in [0, 0.05) is 17.3 Å². The van der Waals surface area contributed by atoms with Gasteiger partial charge in [-0.05, 0) is 45.0 Å². The van der Waals surface area contributed by atoms with Gasteiger partial charge in [-0.15, -0.1) is 0 Å². The van der Waals surface area contributed by atoms with E-state index in [1.165, 1.54) is 6.07 Å². The number of nitrogens with two attached hydrogens (primary N) is 1. The van der Waals surface area contributed by atoms with E-state index in [-0.39, 0.29) is 11.2 Å². The van der Waals surface area contributed by atoms with Gasteiger partial charge in [0.1, 0.15) is 17.2 Å². The first-order valence-electron chi connectivity index (χ1n) is 6.76. The molecule has 0 aliphatic carbocycles. The molecule has 2 aromatic heterocycles. The molecule has 108 valence electrons. The van der Waals surface area contributed by atoms with Gasteiger partial charge in [-0.3, -0.25) is 4.98 Å². The zero-order valence-corrected chi connectivity index (χ0v) is 12.3. The van der Waals surface area contributed by atoms with Crippen LogP contribution in [0, 0.1) is 5.82 Å². The number of rotatable bonds is 1. The average molecular weight is 284 g/mol. The molecule has 5 heteroatoms. The molecule has 0 saturated heterocycles. The van der Waals surface area contributed by atoms with Gasteiger partial charge in [0.15, 0.2) is 0 Å². The number of benzene rings is 1. The summed E-state index contributed by atoms with van der Waals surface area (Å²) in [4.78, 5) is 8.72. The Balaban J connectivity index is 2.33. The lowest BCUT2D eigenvalue weighted by Crippen LogP contribution is -2.22. The van der Waals surface area contributed by atoms with E-state index in [0.717, 1.165) is 11.0 Å². The van der Waals surface area contributed by atoms with Crippen molar-refractivity contribution in [3.63, 3.8) is 0 Å². The predicted molar refractivity (Wildman–Crippen MR) is 82.3 cm³/mol. The van der Waals surface area contributed by atoms with Crippen LogP contribution < -0.4 is 5.73 Å². The Morgan fingerprint density at radius 3 is 2.62 bits per heavy atom. The molecule has 3 rings (SSSR count). The molecular weight excluding hydrogens is 267 g/mol. The smallest absolute Gasteiger partial charge is 0.146 e. The fraction of sp³-hybridized carbons (Fsp3) is 0.250. The van der Waals surface area contributed by atoms with Gasteiger partial charge in [-0.25, -0.2) is 9.37 Å². The zero-order valence-electron chi connectivity index (χ0n) is 12.3. The van der Waals surface area contributed by atoms with Crippen LogP contribution >= 0.6 is 0 Å². The average Bonchev–Trinajstić information content (AvgIpc) is 2.81. The van der Waals surface area contributed by atoms with Crippen LogP contribution in [0.3, 0.4) is 0 Å². The Kier molecular flexibility index (Phi) is 2.93. The highest BCUT2D eigenvalue weighted by molar-refractivity contribution is 5.80. The van der Waals surface area contributed by atoms with Crippen LogP contribution in [0.4, 0.5) is 10.1 Å². The molecule has 3 aromatic rings. The largest absolute Gasteiger partial charge is 0.396 e. The molecule has 1 aromatic carbocycles. The molecule has 0 spiro atoms. The molecular formula is C16H17FN4. The minimum Gasteiger partial charge on any atom is -0.396 e. The summed E-state index contributed by atoms with van der Waals surface area (Å²) in [7, 11) is 0. The topological polar surface area (TPSA) is 56.7 Å². The van der Waals surface area contributed by atoms with Crippen LogP contribution in [-0.4, -0.2) is 14.5 Å². The molecule has 2 N–H and O–H groups in total. The summed E-state index contributed by atoms with van der Waals surface area (Å²) < 4.78 is 15.9. The van der Waals surface area contributed by atoms with E-state index in [9.17, 15) is 4.39 Å². The maximum atomic E-state index is 13.8.